The summed E-state index contributed by atoms with van der Waals surface area (Å²) < 4.78 is 0. The smallest absolute Gasteiger partial charge is 0.237 e. The third kappa shape index (κ3) is 4.94. The molecule has 4 nitrogen and oxygen atoms in total. The number of hydrogen-bond acceptors (Lipinski definition) is 3. The first-order chi connectivity index (χ1) is 8.54. The lowest BCUT2D eigenvalue weighted by atomic mass is 9.96. The van der Waals surface area contributed by atoms with E-state index in [2.05, 4.69) is 29.4 Å². The maximum atomic E-state index is 11.8. The number of rotatable bonds is 6. The van der Waals surface area contributed by atoms with E-state index in [0.29, 0.717) is 12.0 Å². The molecule has 1 aliphatic heterocycles. The summed E-state index contributed by atoms with van der Waals surface area (Å²) in [4.78, 5) is 14.2. The summed E-state index contributed by atoms with van der Waals surface area (Å²) in [5.74, 6) is 0.841. The largest absolute Gasteiger partial charge is 0.355 e. The standard InChI is InChI=1S/C14H29N3O/c1-5-15-14(18)12(4)17-8-6-7-13(10-17)9-16-11(2)3/h11-13,16H,5-10H2,1-4H3,(H,15,18). The molecule has 2 unspecified atom stereocenters. The minimum absolute atomic E-state index is 0.00630. The summed E-state index contributed by atoms with van der Waals surface area (Å²) in [6, 6.07) is 0.549. The number of piperidine rings is 1. The Bertz CT molecular complexity index is 255. The van der Waals surface area contributed by atoms with Crippen LogP contribution in [-0.2, 0) is 4.79 Å². The molecule has 4 heteroatoms. The second-order valence-electron chi connectivity index (χ2n) is 5.64. The van der Waals surface area contributed by atoms with Gasteiger partial charge in [0.05, 0.1) is 6.04 Å². The van der Waals surface area contributed by atoms with Crippen molar-refractivity contribution >= 4 is 5.91 Å². The van der Waals surface area contributed by atoms with Crippen molar-refractivity contribution in [3.63, 3.8) is 0 Å². The number of nitrogens with one attached hydrogen (secondary N) is 2. The van der Waals surface area contributed by atoms with Gasteiger partial charge in [-0.1, -0.05) is 13.8 Å². The first-order valence-corrected chi connectivity index (χ1v) is 7.29. The topological polar surface area (TPSA) is 44.4 Å². The van der Waals surface area contributed by atoms with Crippen molar-refractivity contribution in [1.29, 1.82) is 0 Å². The van der Waals surface area contributed by atoms with Gasteiger partial charge in [0.25, 0.3) is 0 Å². The average molecular weight is 255 g/mol. The minimum atomic E-state index is 0.00630. The molecule has 0 spiro atoms. The van der Waals surface area contributed by atoms with Gasteiger partial charge in [0, 0.05) is 19.1 Å². The highest BCUT2D eigenvalue weighted by molar-refractivity contribution is 5.81. The van der Waals surface area contributed by atoms with Crippen LogP contribution in [0.15, 0.2) is 0 Å². The van der Waals surface area contributed by atoms with Crippen LogP contribution in [0.25, 0.3) is 0 Å². The van der Waals surface area contributed by atoms with Crippen LogP contribution in [0.3, 0.4) is 0 Å². The van der Waals surface area contributed by atoms with E-state index in [-0.39, 0.29) is 11.9 Å². The van der Waals surface area contributed by atoms with Crippen LogP contribution in [0.5, 0.6) is 0 Å². The van der Waals surface area contributed by atoms with E-state index >= 15 is 0 Å². The second kappa shape index (κ2) is 7.74. The van der Waals surface area contributed by atoms with E-state index < -0.39 is 0 Å². The monoisotopic (exact) mass is 255 g/mol. The molecule has 1 rings (SSSR count). The van der Waals surface area contributed by atoms with Crippen LogP contribution in [0.4, 0.5) is 0 Å². The van der Waals surface area contributed by atoms with Crippen molar-refractivity contribution in [2.75, 3.05) is 26.2 Å². The molecule has 1 amide bonds. The Morgan fingerprint density at radius 3 is 2.72 bits per heavy atom. The van der Waals surface area contributed by atoms with E-state index in [1.54, 1.807) is 0 Å². The molecule has 1 aliphatic rings. The van der Waals surface area contributed by atoms with Crippen molar-refractivity contribution in [3.8, 4) is 0 Å². The normalized spacial score (nSPS) is 23.1. The maximum absolute atomic E-state index is 11.8. The molecule has 106 valence electrons. The maximum Gasteiger partial charge on any atom is 0.237 e. The summed E-state index contributed by atoms with van der Waals surface area (Å²) in [5, 5.41) is 6.41. The third-order valence-corrected chi connectivity index (χ3v) is 3.64. The molecule has 18 heavy (non-hydrogen) atoms. The lowest BCUT2D eigenvalue weighted by Gasteiger charge is -2.36. The number of carbonyl (C=O) groups excluding carboxylic acids is 1. The predicted molar refractivity (Wildman–Crippen MR) is 75.6 cm³/mol. The molecular formula is C14H29N3O. The van der Waals surface area contributed by atoms with E-state index in [9.17, 15) is 4.79 Å². The van der Waals surface area contributed by atoms with Gasteiger partial charge in [-0.2, -0.15) is 0 Å². The highest BCUT2D eigenvalue weighted by Crippen LogP contribution is 2.18. The molecule has 2 N–H and O–H groups in total. The zero-order valence-corrected chi connectivity index (χ0v) is 12.3. The van der Waals surface area contributed by atoms with Crippen molar-refractivity contribution in [1.82, 2.24) is 15.5 Å². The quantitative estimate of drug-likeness (QED) is 0.750. The highest BCUT2D eigenvalue weighted by atomic mass is 16.2. The van der Waals surface area contributed by atoms with Gasteiger partial charge in [0.1, 0.15) is 0 Å². The van der Waals surface area contributed by atoms with Gasteiger partial charge in [-0.05, 0) is 45.7 Å². The lowest BCUT2D eigenvalue weighted by molar-refractivity contribution is -0.126. The zero-order valence-electron chi connectivity index (χ0n) is 12.3. The van der Waals surface area contributed by atoms with Gasteiger partial charge in [-0.3, -0.25) is 9.69 Å². The first-order valence-electron chi connectivity index (χ1n) is 7.29. The fourth-order valence-corrected chi connectivity index (χ4v) is 2.51. The Labute approximate surface area is 111 Å². The Kier molecular flexibility index (Phi) is 6.65. The van der Waals surface area contributed by atoms with E-state index in [0.717, 1.165) is 26.2 Å². The number of carbonyl (C=O) groups is 1. The van der Waals surface area contributed by atoms with Crippen LogP contribution in [0.1, 0.15) is 40.5 Å². The minimum Gasteiger partial charge on any atom is -0.355 e. The third-order valence-electron chi connectivity index (χ3n) is 3.64. The van der Waals surface area contributed by atoms with Gasteiger partial charge in [-0.15, -0.1) is 0 Å². The molecule has 0 aliphatic carbocycles. The number of nitrogens with zero attached hydrogens (tertiary/aromatic N) is 1. The Morgan fingerprint density at radius 1 is 1.39 bits per heavy atom. The van der Waals surface area contributed by atoms with E-state index in [1.807, 2.05) is 13.8 Å². The van der Waals surface area contributed by atoms with E-state index in [4.69, 9.17) is 0 Å². The molecule has 1 heterocycles. The molecule has 0 aromatic rings. The summed E-state index contributed by atoms with van der Waals surface area (Å²) in [6.45, 7) is 12.2. The number of likely N-dealkylation sites (N-methyl/N-ethyl adjacent to an activating group) is 1. The molecule has 0 saturated carbocycles. The van der Waals surface area contributed by atoms with Crippen molar-refractivity contribution < 1.29 is 4.79 Å². The summed E-state index contributed by atoms with van der Waals surface area (Å²) in [5.41, 5.74) is 0. The molecular weight excluding hydrogens is 226 g/mol. The number of amides is 1. The van der Waals surface area contributed by atoms with Gasteiger partial charge >= 0.3 is 0 Å². The fourth-order valence-electron chi connectivity index (χ4n) is 2.51. The van der Waals surface area contributed by atoms with Gasteiger partial charge in [-0.25, -0.2) is 0 Å². The Morgan fingerprint density at radius 2 is 2.11 bits per heavy atom. The highest BCUT2D eigenvalue weighted by Gasteiger charge is 2.26. The molecule has 0 aromatic heterocycles. The number of hydrogen-bond donors (Lipinski definition) is 2. The van der Waals surface area contributed by atoms with Crippen molar-refractivity contribution in [3.05, 3.63) is 0 Å². The van der Waals surface area contributed by atoms with Crippen LogP contribution in [0.2, 0.25) is 0 Å². The molecule has 2 atom stereocenters. The van der Waals surface area contributed by atoms with Crippen LogP contribution in [-0.4, -0.2) is 49.1 Å². The predicted octanol–water partition coefficient (Wildman–Crippen LogP) is 1.22. The van der Waals surface area contributed by atoms with Crippen molar-refractivity contribution in [2.24, 2.45) is 5.92 Å². The lowest BCUT2D eigenvalue weighted by Crippen LogP contribution is -2.50. The van der Waals surface area contributed by atoms with Crippen molar-refractivity contribution in [2.45, 2.75) is 52.6 Å². The Balaban J connectivity index is 2.40. The van der Waals surface area contributed by atoms with Crippen LogP contribution < -0.4 is 10.6 Å². The zero-order chi connectivity index (χ0) is 13.5. The molecule has 0 radical (unpaired) electrons. The van der Waals surface area contributed by atoms with Gasteiger partial charge < -0.3 is 10.6 Å². The van der Waals surface area contributed by atoms with Gasteiger partial charge in [0.15, 0.2) is 0 Å². The van der Waals surface area contributed by atoms with Crippen LogP contribution in [0, 0.1) is 5.92 Å². The summed E-state index contributed by atoms with van der Waals surface area (Å²) in [7, 11) is 0. The SMILES string of the molecule is CCNC(=O)C(C)N1CCCC(CNC(C)C)C1. The average Bonchev–Trinajstić information content (AvgIpc) is 2.36. The first kappa shape index (κ1) is 15.4. The van der Waals surface area contributed by atoms with Gasteiger partial charge in [0.2, 0.25) is 5.91 Å². The molecule has 0 bridgehead atoms. The molecule has 1 fully saturated rings. The van der Waals surface area contributed by atoms with Crippen LogP contribution >= 0.6 is 0 Å². The molecule has 1 saturated heterocycles. The fraction of sp³-hybridized carbons (Fsp3) is 0.929. The molecule has 0 aromatic carbocycles. The van der Waals surface area contributed by atoms with E-state index in [1.165, 1.54) is 12.8 Å². The Hall–Kier alpha value is -0.610. The summed E-state index contributed by atoms with van der Waals surface area (Å²) >= 11 is 0. The second-order valence-corrected chi connectivity index (χ2v) is 5.64. The number of likely N-dealkylation sites (tertiary alicyclic amines) is 1. The summed E-state index contributed by atoms with van der Waals surface area (Å²) in [6.07, 6.45) is 2.48.